The van der Waals surface area contributed by atoms with E-state index in [0.29, 0.717) is 11.4 Å². The van der Waals surface area contributed by atoms with Crippen LogP contribution in [-0.4, -0.2) is 37.3 Å². The van der Waals surface area contributed by atoms with Gasteiger partial charge in [-0.1, -0.05) is 24.1 Å². The van der Waals surface area contributed by atoms with E-state index in [0.717, 1.165) is 54.9 Å². The highest BCUT2D eigenvalue weighted by Gasteiger charge is 2.35. The molecule has 2 saturated heterocycles. The summed E-state index contributed by atoms with van der Waals surface area (Å²) in [7, 11) is -3.53. The number of aromatic nitrogens is 1. The molecule has 1 aromatic carbocycles. The third kappa shape index (κ3) is 4.19. The molecular formula is C23H31N3O2S. The number of nitrogens with zero attached hydrogens (tertiary/aromatic N) is 3. The molecule has 0 spiro atoms. The van der Waals surface area contributed by atoms with Gasteiger partial charge in [0.2, 0.25) is 10.0 Å². The van der Waals surface area contributed by atoms with Crippen LogP contribution >= 0.6 is 0 Å². The van der Waals surface area contributed by atoms with Gasteiger partial charge in [0.25, 0.3) is 0 Å². The average Bonchev–Trinajstić information content (AvgIpc) is 2.75. The Morgan fingerprint density at radius 1 is 0.931 bits per heavy atom. The topological polar surface area (TPSA) is 53.5 Å². The molecule has 4 rings (SSSR count). The standard InChI is InChI=1S/C23H31N3O2S/c1-18-9-11-20(12-10-18)29(27,28)26-15-7-4-8-22(26)21-17-24-23(16-19(21)2)25-13-5-3-6-14-25/h9-12,16-17,22H,3-8,13-15H2,1-2H3/t22-/m1/s1. The predicted octanol–water partition coefficient (Wildman–Crippen LogP) is 4.60. The van der Waals surface area contributed by atoms with E-state index in [-0.39, 0.29) is 6.04 Å². The van der Waals surface area contributed by atoms with Gasteiger partial charge in [0.15, 0.2) is 0 Å². The number of anilines is 1. The van der Waals surface area contributed by atoms with Crippen molar-refractivity contribution in [3.63, 3.8) is 0 Å². The van der Waals surface area contributed by atoms with E-state index in [1.165, 1.54) is 19.3 Å². The molecule has 156 valence electrons. The molecule has 6 heteroatoms. The van der Waals surface area contributed by atoms with Crippen LogP contribution in [0.15, 0.2) is 41.4 Å². The first-order valence-electron chi connectivity index (χ1n) is 10.8. The molecule has 0 saturated carbocycles. The molecule has 3 heterocycles. The van der Waals surface area contributed by atoms with Crippen LogP contribution < -0.4 is 4.90 Å². The number of rotatable bonds is 4. The molecule has 0 amide bonds. The summed E-state index contributed by atoms with van der Waals surface area (Å²) in [4.78, 5) is 7.47. The van der Waals surface area contributed by atoms with Crippen molar-refractivity contribution < 1.29 is 8.42 Å². The van der Waals surface area contributed by atoms with E-state index in [1.807, 2.05) is 25.3 Å². The number of sulfonamides is 1. The monoisotopic (exact) mass is 413 g/mol. The molecule has 2 aliphatic rings. The van der Waals surface area contributed by atoms with Gasteiger partial charge in [-0.15, -0.1) is 0 Å². The fraction of sp³-hybridized carbons (Fsp3) is 0.522. The summed E-state index contributed by atoms with van der Waals surface area (Å²) in [6, 6.07) is 9.18. The lowest BCUT2D eigenvalue weighted by Crippen LogP contribution is -2.39. The van der Waals surface area contributed by atoms with Crippen molar-refractivity contribution in [1.29, 1.82) is 0 Å². The second-order valence-corrected chi connectivity index (χ2v) is 10.3. The first-order valence-corrected chi connectivity index (χ1v) is 12.2. The van der Waals surface area contributed by atoms with Crippen LogP contribution in [0.3, 0.4) is 0 Å². The van der Waals surface area contributed by atoms with Crippen molar-refractivity contribution in [2.24, 2.45) is 0 Å². The quantitative estimate of drug-likeness (QED) is 0.735. The number of hydrogen-bond donors (Lipinski definition) is 0. The minimum atomic E-state index is -3.53. The Kier molecular flexibility index (Phi) is 5.93. The largest absolute Gasteiger partial charge is 0.357 e. The van der Waals surface area contributed by atoms with Gasteiger partial charge in [0, 0.05) is 25.8 Å². The van der Waals surface area contributed by atoms with Crippen LogP contribution in [0.4, 0.5) is 5.82 Å². The van der Waals surface area contributed by atoms with Gasteiger partial charge < -0.3 is 4.90 Å². The van der Waals surface area contributed by atoms with Crippen LogP contribution in [0, 0.1) is 13.8 Å². The minimum absolute atomic E-state index is 0.141. The Labute approximate surface area is 174 Å². The van der Waals surface area contributed by atoms with Crippen molar-refractivity contribution in [2.45, 2.75) is 63.3 Å². The van der Waals surface area contributed by atoms with E-state index in [1.54, 1.807) is 16.4 Å². The van der Waals surface area contributed by atoms with Crippen LogP contribution in [0.25, 0.3) is 0 Å². The molecule has 1 aromatic heterocycles. The Morgan fingerprint density at radius 2 is 1.62 bits per heavy atom. The highest BCUT2D eigenvalue weighted by Crippen LogP contribution is 2.37. The lowest BCUT2D eigenvalue weighted by Gasteiger charge is -2.36. The first kappa shape index (κ1) is 20.4. The first-order chi connectivity index (χ1) is 14.0. The van der Waals surface area contributed by atoms with E-state index in [9.17, 15) is 8.42 Å². The number of benzene rings is 1. The van der Waals surface area contributed by atoms with Gasteiger partial charge >= 0.3 is 0 Å². The van der Waals surface area contributed by atoms with E-state index < -0.39 is 10.0 Å². The maximum absolute atomic E-state index is 13.4. The summed E-state index contributed by atoms with van der Waals surface area (Å²) in [6.45, 7) is 6.75. The van der Waals surface area contributed by atoms with E-state index in [2.05, 4.69) is 17.9 Å². The lowest BCUT2D eigenvalue weighted by molar-refractivity contribution is 0.255. The van der Waals surface area contributed by atoms with Crippen LogP contribution in [0.2, 0.25) is 0 Å². The third-order valence-electron chi connectivity index (χ3n) is 6.26. The Hall–Kier alpha value is -1.92. The highest BCUT2D eigenvalue weighted by molar-refractivity contribution is 7.89. The maximum atomic E-state index is 13.4. The van der Waals surface area contributed by atoms with Gasteiger partial charge in [-0.3, -0.25) is 0 Å². The zero-order valence-electron chi connectivity index (χ0n) is 17.5. The number of pyridine rings is 1. The lowest BCUT2D eigenvalue weighted by atomic mass is 9.95. The van der Waals surface area contributed by atoms with Gasteiger partial charge in [-0.05, 0) is 75.3 Å². The Balaban J connectivity index is 1.64. The summed E-state index contributed by atoms with van der Waals surface area (Å²) in [5, 5.41) is 0. The summed E-state index contributed by atoms with van der Waals surface area (Å²) in [5.74, 6) is 1.02. The predicted molar refractivity (Wildman–Crippen MR) is 117 cm³/mol. The fourth-order valence-corrected chi connectivity index (χ4v) is 6.22. The molecule has 0 unspecified atom stereocenters. The Bertz CT molecular complexity index is 951. The number of piperidine rings is 2. The molecule has 0 bridgehead atoms. The van der Waals surface area contributed by atoms with Crippen molar-refractivity contribution in [1.82, 2.24) is 9.29 Å². The van der Waals surface area contributed by atoms with Gasteiger partial charge in [0.05, 0.1) is 10.9 Å². The van der Waals surface area contributed by atoms with Crippen molar-refractivity contribution in [3.8, 4) is 0 Å². The summed E-state index contributed by atoms with van der Waals surface area (Å²) >= 11 is 0. The molecule has 1 atom stereocenters. The van der Waals surface area contributed by atoms with Crippen LogP contribution in [-0.2, 0) is 10.0 Å². The van der Waals surface area contributed by atoms with Crippen LogP contribution in [0.5, 0.6) is 0 Å². The molecule has 29 heavy (non-hydrogen) atoms. The van der Waals surface area contributed by atoms with Crippen LogP contribution in [0.1, 0.15) is 61.3 Å². The fourth-order valence-electron chi connectivity index (χ4n) is 4.55. The Morgan fingerprint density at radius 3 is 2.31 bits per heavy atom. The molecular weight excluding hydrogens is 382 g/mol. The smallest absolute Gasteiger partial charge is 0.243 e. The van der Waals surface area contributed by atoms with E-state index >= 15 is 0 Å². The molecule has 2 aromatic rings. The maximum Gasteiger partial charge on any atom is 0.243 e. The van der Waals surface area contributed by atoms with Gasteiger partial charge in [-0.25, -0.2) is 13.4 Å². The molecule has 5 nitrogen and oxygen atoms in total. The second-order valence-electron chi connectivity index (χ2n) is 8.39. The number of hydrogen-bond acceptors (Lipinski definition) is 4. The average molecular weight is 414 g/mol. The third-order valence-corrected chi connectivity index (χ3v) is 8.18. The summed E-state index contributed by atoms with van der Waals surface area (Å²) in [6.07, 6.45) is 8.43. The van der Waals surface area contributed by atoms with Crippen molar-refractivity contribution in [3.05, 3.63) is 53.2 Å². The number of aryl methyl sites for hydroxylation is 2. The highest BCUT2D eigenvalue weighted by atomic mass is 32.2. The molecule has 0 N–H and O–H groups in total. The normalized spacial score (nSPS) is 21.3. The molecule has 0 radical (unpaired) electrons. The van der Waals surface area contributed by atoms with Gasteiger partial charge in [-0.2, -0.15) is 4.31 Å². The SMILES string of the molecule is Cc1ccc(S(=O)(=O)N2CCCC[C@@H]2c2cnc(N3CCCCC3)cc2C)cc1. The molecule has 2 aliphatic heterocycles. The zero-order valence-corrected chi connectivity index (χ0v) is 18.3. The van der Waals surface area contributed by atoms with Crippen molar-refractivity contribution in [2.75, 3.05) is 24.5 Å². The van der Waals surface area contributed by atoms with E-state index in [4.69, 9.17) is 4.98 Å². The zero-order chi connectivity index (χ0) is 20.4. The molecule has 0 aliphatic carbocycles. The second kappa shape index (κ2) is 8.44. The molecule has 2 fully saturated rings. The summed E-state index contributed by atoms with van der Waals surface area (Å²) < 4.78 is 28.5. The minimum Gasteiger partial charge on any atom is -0.357 e. The van der Waals surface area contributed by atoms with Gasteiger partial charge in [0.1, 0.15) is 5.82 Å². The summed E-state index contributed by atoms with van der Waals surface area (Å²) in [5.41, 5.74) is 3.24. The van der Waals surface area contributed by atoms with Crippen molar-refractivity contribution >= 4 is 15.8 Å².